The number of anilines is 1. The molecule has 0 unspecified atom stereocenters. The minimum Gasteiger partial charge on any atom is -0.490 e. The van der Waals surface area contributed by atoms with Gasteiger partial charge in [0.15, 0.2) is 11.5 Å². The normalized spacial score (nSPS) is 10.6. The lowest BCUT2D eigenvalue weighted by Crippen LogP contribution is -2.04. The fraction of sp³-hybridized carbons (Fsp3) is 0.217. The number of hydrogen-bond donors (Lipinski definition) is 1. The zero-order chi connectivity index (χ0) is 19.9. The number of rotatable bonds is 8. The Bertz CT molecular complexity index is 926. The van der Waals surface area contributed by atoms with Crippen LogP contribution in [0.5, 0.6) is 11.5 Å². The molecule has 0 heterocycles. The summed E-state index contributed by atoms with van der Waals surface area (Å²) in [5.74, 6) is 1.21. The van der Waals surface area contributed by atoms with E-state index in [4.69, 9.17) is 32.7 Å². The highest BCUT2D eigenvalue weighted by molar-refractivity contribution is 6.32. The van der Waals surface area contributed by atoms with Crippen molar-refractivity contribution in [1.29, 1.82) is 0 Å². The van der Waals surface area contributed by atoms with Gasteiger partial charge >= 0.3 is 0 Å². The van der Waals surface area contributed by atoms with Crippen molar-refractivity contribution in [3.05, 3.63) is 87.4 Å². The van der Waals surface area contributed by atoms with Crippen LogP contribution in [-0.2, 0) is 13.2 Å². The summed E-state index contributed by atoms with van der Waals surface area (Å²) >= 11 is 12.6. The molecule has 28 heavy (non-hydrogen) atoms. The van der Waals surface area contributed by atoms with Gasteiger partial charge in [0.2, 0.25) is 0 Å². The molecule has 0 bridgehead atoms. The lowest BCUT2D eigenvalue weighted by atomic mass is 10.1. The average molecular weight is 416 g/mol. The average Bonchev–Trinajstić information content (AvgIpc) is 2.67. The first-order valence-corrected chi connectivity index (χ1v) is 9.93. The zero-order valence-corrected chi connectivity index (χ0v) is 17.5. The number of aryl methyl sites for hydroxylation is 1. The van der Waals surface area contributed by atoms with E-state index in [0.29, 0.717) is 41.3 Å². The number of nitrogens with one attached hydrogen (secondary N) is 1. The highest BCUT2D eigenvalue weighted by Gasteiger charge is 2.13. The lowest BCUT2D eigenvalue weighted by Gasteiger charge is -2.16. The number of benzene rings is 3. The largest absolute Gasteiger partial charge is 0.490 e. The van der Waals surface area contributed by atoms with Gasteiger partial charge in [0.05, 0.1) is 11.6 Å². The molecule has 0 aromatic heterocycles. The second kappa shape index (κ2) is 9.72. The number of hydrogen-bond acceptors (Lipinski definition) is 3. The fourth-order valence-electron chi connectivity index (χ4n) is 2.77. The first-order chi connectivity index (χ1) is 13.5. The monoisotopic (exact) mass is 415 g/mol. The lowest BCUT2D eigenvalue weighted by molar-refractivity contribution is 0.269. The van der Waals surface area contributed by atoms with Gasteiger partial charge in [-0.2, -0.15) is 0 Å². The molecule has 0 spiro atoms. The van der Waals surface area contributed by atoms with Gasteiger partial charge in [0.1, 0.15) is 6.61 Å². The van der Waals surface area contributed by atoms with Crippen LogP contribution in [0.4, 0.5) is 5.69 Å². The van der Waals surface area contributed by atoms with Crippen LogP contribution in [0, 0.1) is 6.92 Å². The van der Waals surface area contributed by atoms with Gasteiger partial charge in [-0.05, 0) is 55.3 Å². The van der Waals surface area contributed by atoms with E-state index in [1.165, 1.54) is 5.56 Å². The maximum absolute atomic E-state index is 6.51. The summed E-state index contributed by atoms with van der Waals surface area (Å²) < 4.78 is 11.8. The minimum atomic E-state index is 0.431. The van der Waals surface area contributed by atoms with Crippen molar-refractivity contribution < 1.29 is 9.47 Å². The van der Waals surface area contributed by atoms with E-state index in [1.807, 2.05) is 55.5 Å². The number of halogens is 2. The second-order valence-corrected chi connectivity index (χ2v) is 7.32. The first kappa shape index (κ1) is 20.4. The van der Waals surface area contributed by atoms with Gasteiger partial charge in [-0.1, -0.05) is 59.1 Å². The highest BCUT2D eigenvalue weighted by atomic mass is 35.5. The van der Waals surface area contributed by atoms with Gasteiger partial charge in [0.25, 0.3) is 0 Å². The molecule has 1 N–H and O–H groups in total. The molecular weight excluding hydrogens is 393 g/mol. The van der Waals surface area contributed by atoms with Crippen LogP contribution >= 0.6 is 23.2 Å². The summed E-state index contributed by atoms with van der Waals surface area (Å²) in [6.07, 6.45) is 0. The Labute approximate surface area is 176 Å². The SMILES string of the molecule is CCOc1cc(CNc2cccc(Cl)c2)cc(Cl)c1OCc1ccc(C)cc1. The van der Waals surface area contributed by atoms with Gasteiger partial charge in [-0.25, -0.2) is 0 Å². The molecule has 0 aliphatic heterocycles. The second-order valence-electron chi connectivity index (χ2n) is 6.48. The standard InChI is InChI=1S/C23H23Cl2NO2/c1-3-27-22-12-18(14-26-20-6-4-5-19(24)13-20)11-21(25)23(22)28-15-17-9-7-16(2)8-10-17/h4-13,26H,3,14-15H2,1-2H3. The summed E-state index contributed by atoms with van der Waals surface area (Å²) in [4.78, 5) is 0. The molecule has 0 aliphatic rings. The van der Waals surface area contributed by atoms with Gasteiger partial charge in [0, 0.05) is 17.3 Å². The molecule has 0 saturated carbocycles. The smallest absolute Gasteiger partial charge is 0.180 e. The van der Waals surface area contributed by atoms with E-state index in [0.717, 1.165) is 16.8 Å². The summed E-state index contributed by atoms with van der Waals surface area (Å²) in [7, 11) is 0. The van der Waals surface area contributed by atoms with Crippen LogP contribution in [0.25, 0.3) is 0 Å². The Morgan fingerprint density at radius 2 is 1.68 bits per heavy atom. The van der Waals surface area contributed by atoms with E-state index in [9.17, 15) is 0 Å². The van der Waals surface area contributed by atoms with E-state index < -0.39 is 0 Å². The van der Waals surface area contributed by atoms with E-state index in [-0.39, 0.29) is 0 Å². The molecule has 146 valence electrons. The molecule has 0 radical (unpaired) electrons. The van der Waals surface area contributed by atoms with Crippen molar-refractivity contribution in [2.24, 2.45) is 0 Å². The van der Waals surface area contributed by atoms with Crippen molar-refractivity contribution in [1.82, 2.24) is 0 Å². The molecule has 0 saturated heterocycles. The van der Waals surface area contributed by atoms with Crippen LogP contribution < -0.4 is 14.8 Å². The summed E-state index contributed by atoms with van der Waals surface area (Å²) in [6, 6.07) is 19.7. The Morgan fingerprint density at radius 1 is 0.893 bits per heavy atom. The highest BCUT2D eigenvalue weighted by Crippen LogP contribution is 2.37. The van der Waals surface area contributed by atoms with E-state index in [2.05, 4.69) is 24.4 Å². The molecule has 3 nitrogen and oxygen atoms in total. The predicted octanol–water partition coefficient (Wildman–Crippen LogP) is 6.89. The van der Waals surface area contributed by atoms with E-state index >= 15 is 0 Å². The summed E-state index contributed by atoms with van der Waals surface area (Å²) in [5.41, 5.74) is 4.24. The van der Waals surface area contributed by atoms with Crippen molar-refractivity contribution in [3.8, 4) is 11.5 Å². The van der Waals surface area contributed by atoms with Gasteiger partial charge in [-0.3, -0.25) is 0 Å². The molecule has 0 atom stereocenters. The predicted molar refractivity (Wildman–Crippen MR) is 117 cm³/mol. The van der Waals surface area contributed by atoms with Crippen LogP contribution in [0.2, 0.25) is 10.0 Å². The third kappa shape index (κ3) is 5.57. The van der Waals surface area contributed by atoms with Gasteiger partial charge < -0.3 is 14.8 Å². The third-order valence-electron chi connectivity index (χ3n) is 4.19. The van der Waals surface area contributed by atoms with Crippen molar-refractivity contribution in [3.63, 3.8) is 0 Å². The van der Waals surface area contributed by atoms with E-state index in [1.54, 1.807) is 0 Å². The Hall–Kier alpha value is -2.36. The molecule has 3 aromatic rings. The first-order valence-electron chi connectivity index (χ1n) is 9.18. The Morgan fingerprint density at radius 3 is 2.39 bits per heavy atom. The quantitative estimate of drug-likeness (QED) is 0.434. The summed E-state index contributed by atoms with van der Waals surface area (Å²) in [5, 5.41) is 4.56. The molecule has 0 fully saturated rings. The zero-order valence-electron chi connectivity index (χ0n) is 16.0. The molecule has 3 aromatic carbocycles. The molecule has 5 heteroatoms. The van der Waals surface area contributed by atoms with Crippen molar-refractivity contribution in [2.75, 3.05) is 11.9 Å². The Balaban J connectivity index is 1.74. The maximum Gasteiger partial charge on any atom is 0.180 e. The van der Waals surface area contributed by atoms with Crippen molar-refractivity contribution in [2.45, 2.75) is 27.0 Å². The minimum absolute atomic E-state index is 0.431. The van der Waals surface area contributed by atoms with Crippen LogP contribution in [-0.4, -0.2) is 6.61 Å². The van der Waals surface area contributed by atoms with Crippen LogP contribution in [0.1, 0.15) is 23.6 Å². The van der Waals surface area contributed by atoms with Crippen LogP contribution in [0.3, 0.4) is 0 Å². The summed E-state index contributed by atoms with van der Waals surface area (Å²) in [6.45, 7) is 5.56. The number of ether oxygens (including phenoxy) is 2. The van der Waals surface area contributed by atoms with Crippen LogP contribution in [0.15, 0.2) is 60.7 Å². The molecular formula is C23H23Cl2NO2. The molecule has 0 aliphatic carbocycles. The fourth-order valence-corrected chi connectivity index (χ4v) is 3.25. The third-order valence-corrected chi connectivity index (χ3v) is 4.71. The van der Waals surface area contributed by atoms with Gasteiger partial charge in [-0.15, -0.1) is 0 Å². The topological polar surface area (TPSA) is 30.5 Å². The van der Waals surface area contributed by atoms with Crippen molar-refractivity contribution >= 4 is 28.9 Å². The Kier molecular flexibility index (Phi) is 7.07. The molecule has 0 amide bonds. The molecule has 3 rings (SSSR count). The maximum atomic E-state index is 6.51.